The predicted octanol–water partition coefficient (Wildman–Crippen LogP) is 3.40. The normalized spacial score (nSPS) is 35.9. The summed E-state index contributed by atoms with van der Waals surface area (Å²) < 4.78 is 0. The number of hydrogen-bond acceptors (Lipinski definition) is 2. The quantitative estimate of drug-likeness (QED) is 0.887. The van der Waals surface area contributed by atoms with Gasteiger partial charge >= 0.3 is 0 Å². The van der Waals surface area contributed by atoms with Crippen LogP contribution in [-0.4, -0.2) is 36.1 Å². The van der Waals surface area contributed by atoms with E-state index in [-0.39, 0.29) is 0 Å². The van der Waals surface area contributed by atoms with Crippen LogP contribution in [0.15, 0.2) is 30.3 Å². The Bertz CT molecular complexity index is 417. The van der Waals surface area contributed by atoms with Crippen molar-refractivity contribution in [2.75, 3.05) is 13.1 Å². The fourth-order valence-electron chi connectivity index (χ4n) is 4.11. The van der Waals surface area contributed by atoms with Gasteiger partial charge in [-0.15, -0.1) is 0 Å². The third-order valence-electron chi connectivity index (χ3n) is 5.20. The molecule has 2 aliphatic rings. The van der Waals surface area contributed by atoms with E-state index in [2.05, 4.69) is 54.4 Å². The number of rotatable bonds is 2. The predicted molar refractivity (Wildman–Crippen MR) is 85.1 cm³/mol. The zero-order chi connectivity index (χ0) is 13.9. The highest BCUT2D eigenvalue weighted by atomic mass is 15.3. The van der Waals surface area contributed by atoms with Crippen LogP contribution >= 0.6 is 0 Å². The summed E-state index contributed by atoms with van der Waals surface area (Å²) in [5.74, 6) is 0.734. The Hall–Kier alpha value is -0.860. The van der Waals surface area contributed by atoms with Gasteiger partial charge in [0.2, 0.25) is 0 Å². The van der Waals surface area contributed by atoms with Gasteiger partial charge < -0.3 is 5.32 Å². The Balaban J connectivity index is 1.81. The van der Waals surface area contributed by atoms with E-state index >= 15 is 0 Å². The van der Waals surface area contributed by atoms with Crippen molar-refractivity contribution in [1.82, 2.24) is 10.2 Å². The lowest BCUT2D eigenvalue weighted by Crippen LogP contribution is -2.59. The van der Waals surface area contributed by atoms with Crippen LogP contribution in [0.3, 0.4) is 0 Å². The van der Waals surface area contributed by atoms with Crippen LogP contribution in [0.2, 0.25) is 0 Å². The molecule has 2 fully saturated rings. The molecule has 1 saturated carbocycles. The Labute approximate surface area is 123 Å². The fraction of sp³-hybridized carbons (Fsp3) is 0.667. The number of nitrogens with one attached hydrogen (secondary N) is 1. The molecular weight excluding hydrogens is 244 g/mol. The van der Waals surface area contributed by atoms with Crippen molar-refractivity contribution in [1.29, 1.82) is 0 Å². The van der Waals surface area contributed by atoms with Gasteiger partial charge in [0.1, 0.15) is 0 Å². The van der Waals surface area contributed by atoms with Gasteiger partial charge in [0.25, 0.3) is 0 Å². The van der Waals surface area contributed by atoms with Gasteiger partial charge in [0.15, 0.2) is 0 Å². The maximum Gasteiger partial charge on any atom is 0.0196 e. The summed E-state index contributed by atoms with van der Waals surface area (Å²) in [5, 5.41) is 3.61. The first-order valence-corrected chi connectivity index (χ1v) is 8.30. The third-order valence-corrected chi connectivity index (χ3v) is 5.20. The summed E-state index contributed by atoms with van der Waals surface area (Å²) in [5.41, 5.74) is 1.55. The number of nitrogens with zero attached hydrogens (tertiary/aromatic N) is 1. The number of piperazine rings is 1. The lowest BCUT2D eigenvalue weighted by atomic mass is 9.78. The smallest absolute Gasteiger partial charge is 0.0196 e. The lowest BCUT2D eigenvalue weighted by Gasteiger charge is -2.47. The molecule has 1 aromatic carbocycles. The molecule has 0 amide bonds. The van der Waals surface area contributed by atoms with E-state index in [1.807, 2.05) is 0 Å². The highest BCUT2D eigenvalue weighted by molar-refractivity contribution is 5.22. The van der Waals surface area contributed by atoms with Gasteiger partial charge in [-0.25, -0.2) is 0 Å². The van der Waals surface area contributed by atoms with Crippen molar-refractivity contribution >= 4 is 0 Å². The third kappa shape index (κ3) is 2.91. The Morgan fingerprint density at radius 2 is 1.80 bits per heavy atom. The topological polar surface area (TPSA) is 15.3 Å². The monoisotopic (exact) mass is 272 g/mol. The van der Waals surface area contributed by atoms with Crippen LogP contribution in [0.5, 0.6) is 0 Å². The number of hydrogen-bond donors (Lipinski definition) is 1. The first kappa shape index (κ1) is 14.1. The summed E-state index contributed by atoms with van der Waals surface area (Å²) in [6.07, 6.45) is 5.53. The van der Waals surface area contributed by atoms with Crippen LogP contribution in [0, 0.1) is 0 Å². The first-order chi connectivity index (χ1) is 9.75. The second-order valence-corrected chi connectivity index (χ2v) is 6.72. The molecule has 0 bridgehead atoms. The minimum atomic E-state index is 0.629. The molecule has 1 heterocycles. The SMILES string of the molecule is CC1CN(C2CCCCC2c2ccccc2)C(C)CN1. The van der Waals surface area contributed by atoms with E-state index < -0.39 is 0 Å². The molecule has 1 aromatic rings. The summed E-state index contributed by atoms with van der Waals surface area (Å²) in [7, 11) is 0. The molecule has 4 unspecified atom stereocenters. The van der Waals surface area contributed by atoms with E-state index in [0.717, 1.165) is 18.5 Å². The average Bonchev–Trinajstić information content (AvgIpc) is 2.51. The first-order valence-electron chi connectivity index (χ1n) is 8.30. The largest absolute Gasteiger partial charge is 0.311 e. The molecule has 4 atom stereocenters. The summed E-state index contributed by atoms with van der Waals surface area (Å²) in [6, 6.07) is 13.2. The van der Waals surface area contributed by atoms with Gasteiger partial charge in [-0.05, 0) is 38.2 Å². The second-order valence-electron chi connectivity index (χ2n) is 6.72. The van der Waals surface area contributed by atoms with Crippen LogP contribution in [0.4, 0.5) is 0 Å². The van der Waals surface area contributed by atoms with Crippen molar-refractivity contribution in [2.24, 2.45) is 0 Å². The van der Waals surface area contributed by atoms with E-state index in [9.17, 15) is 0 Å². The van der Waals surface area contributed by atoms with E-state index in [0.29, 0.717) is 12.1 Å². The van der Waals surface area contributed by atoms with Gasteiger partial charge in [-0.2, -0.15) is 0 Å². The van der Waals surface area contributed by atoms with Crippen LogP contribution in [-0.2, 0) is 0 Å². The molecular formula is C18H28N2. The maximum absolute atomic E-state index is 3.61. The van der Waals surface area contributed by atoms with Crippen LogP contribution in [0.1, 0.15) is 51.0 Å². The Kier molecular flexibility index (Phi) is 4.42. The minimum Gasteiger partial charge on any atom is -0.311 e. The molecule has 1 aliphatic carbocycles. The summed E-state index contributed by atoms with van der Waals surface area (Å²) in [6.45, 7) is 7.04. The highest BCUT2D eigenvalue weighted by Gasteiger charge is 2.35. The lowest BCUT2D eigenvalue weighted by molar-refractivity contribution is 0.0610. The van der Waals surface area contributed by atoms with E-state index in [1.54, 1.807) is 5.56 Å². The van der Waals surface area contributed by atoms with Crippen LogP contribution in [0.25, 0.3) is 0 Å². The van der Waals surface area contributed by atoms with Gasteiger partial charge in [-0.1, -0.05) is 43.2 Å². The van der Waals surface area contributed by atoms with Crippen molar-refractivity contribution < 1.29 is 0 Å². The highest BCUT2D eigenvalue weighted by Crippen LogP contribution is 2.37. The zero-order valence-electron chi connectivity index (χ0n) is 12.9. The molecule has 2 nitrogen and oxygen atoms in total. The number of benzene rings is 1. The maximum atomic E-state index is 3.61. The molecule has 1 saturated heterocycles. The zero-order valence-corrected chi connectivity index (χ0v) is 12.9. The molecule has 1 N–H and O–H groups in total. The van der Waals surface area contributed by atoms with Crippen molar-refractivity contribution in [3.05, 3.63) is 35.9 Å². The molecule has 110 valence electrons. The second kappa shape index (κ2) is 6.28. The van der Waals surface area contributed by atoms with Crippen LogP contribution < -0.4 is 5.32 Å². The van der Waals surface area contributed by atoms with Crippen molar-refractivity contribution in [3.63, 3.8) is 0 Å². The Morgan fingerprint density at radius 1 is 1.05 bits per heavy atom. The summed E-state index contributed by atoms with van der Waals surface area (Å²) in [4.78, 5) is 2.79. The van der Waals surface area contributed by atoms with Gasteiger partial charge in [0.05, 0.1) is 0 Å². The molecule has 0 spiro atoms. The molecule has 0 radical (unpaired) electrons. The molecule has 20 heavy (non-hydrogen) atoms. The van der Waals surface area contributed by atoms with Gasteiger partial charge in [-0.3, -0.25) is 4.90 Å². The fourth-order valence-corrected chi connectivity index (χ4v) is 4.11. The van der Waals surface area contributed by atoms with E-state index in [4.69, 9.17) is 0 Å². The van der Waals surface area contributed by atoms with Gasteiger partial charge in [0, 0.05) is 31.2 Å². The van der Waals surface area contributed by atoms with E-state index in [1.165, 1.54) is 32.2 Å². The molecule has 2 heteroatoms. The van der Waals surface area contributed by atoms with Crippen molar-refractivity contribution in [2.45, 2.75) is 63.6 Å². The molecule has 0 aromatic heterocycles. The standard InChI is InChI=1S/C18H28N2/c1-14-13-20(15(2)12-19-14)18-11-7-6-10-17(18)16-8-4-3-5-9-16/h3-5,8-9,14-15,17-19H,6-7,10-13H2,1-2H3. The molecule has 3 rings (SSSR count). The average molecular weight is 272 g/mol. The summed E-state index contributed by atoms with van der Waals surface area (Å²) >= 11 is 0. The van der Waals surface area contributed by atoms with Crippen molar-refractivity contribution in [3.8, 4) is 0 Å². The molecule has 1 aliphatic heterocycles. The minimum absolute atomic E-state index is 0.629. The Morgan fingerprint density at radius 3 is 2.60 bits per heavy atom.